The first-order chi connectivity index (χ1) is 14.1. The molecule has 1 aliphatic rings. The van der Waals surface area contributed by atoms with E-state index >= 15 is 0 Å². The largest absolute Gasteiger partial charge is 0.377 e. The molecule has 1 aromatic carbocycles. The average Bonchev–Trinajstić information content (AvgIpc) is 3.13. The van der Waals surface area contributed by atoms with E-state index in [-0.39, 0.29) is 11.6 Å². The second-order valence-electron chi connectivity index (χ2n) is 7.28. The second kappa shape index (κ2) is 8.23. The highest BCUT2D eigenvalue weighted by molar-refractivity contribution is 7.22. The van der Waals surface area contributed by atoms with Crippen molar-refractivity contribution in [3.63, 3.8) is 0 Å². The predicted molar refractivity (Wildman–Crippen MR) is 118 cm³/mol. The molecule has 0 unspecified atom stereocenters. The molecule has 3 N–H and O–H groups in total. The molecule has 150 valence electrons. The fraction of sp³-hybridized carbons (Fsp3) is 0.381. The minimum atomic E-state index is -0.0777. The van der Waals surface area contributed by atoms with Crippen molar-refractivity contribution >= 4 is 32.5 Å². The number of hydrogen-bond donors (Lipinski definition) is 2. The van der Waals surface area contributed by atoms with E-state index in [1.807, 2.05) is 31.2 Å². The summed E-state index contributed by atoms with van der Waals surface area (Å²) in [6.45, 7) is 4.60. The molecule has 0 bridgehead atoms. The monoisotopic (exact) mass is 408 g/mol. The number of piperidine rings is 1. The van der Waals surface area contributed by atoms with Gasteiger partial charge in [-0.15, -0.1) is 11.3 Å². The Hall–Kier alpha value is -2.89. The lowest BCUT2D eigenvalue weighted by Crippen LogP contribution is -2.45. The van der Waals surface area contributed by atoms with Gasteiger partial charge in [0.25, 0.3) is 5.56 Å². The average molecular weight is 409 g/mol. The van der Waals surface area contributed by atoms with Crippen LogP contribution >= 0.6 is 11.3 Å². The zero-order valence-corrected chi connectivity index (χ0v) is 17.2. The van der Waals surface area contributed by atoms with Gasteiger partial charge in [-0.2, -0.15) is 5.26 Å². The van der Waals surface area contributed by atoms with Crippen molar-refractivity contribution in [1.29, 1.82) is 5.26 Å². The normalized spacial score (nSPS) is 16.7. The molecule has 0 spiro atoms. The molecule has 2 aromatic heterocycles. The number of rotatable bonds is 5. The van der Waals surface area contributed by atoms with Gasteiger partial charge in [-0.3, -0.25) is 9.36 Å². The highest BCUT2D eigenvalue weighted by Crippen LogP contribution is 2.29. The number of hydrogen-bond acceptors (Lipinski definition) is 7. The Bertz CT molecular complexity index is 1130. The van der Waals surface area contributed by atoms with Gasteiger partial charge in [-0.25, -0.2) is 4.98 Å². The van der Waals surface area contributed by atoms with Gasteiger partial charge < -0.3 is 16.0 Å². The zero-order valence-electron chi connectivity index (χ0n) is 16.4. The van der Waals surface area contributed by atoms with Crippen molar-refractivity contribution in [2.45, 2.75) is 32.4 Å². The molecule has 7 nitrogen and oxygen atoms in total. The zero-order chi connectivity index (χ0) is 20.4. The summed E-state index contributed by atoms with van der Waals surface area (Å²) in [7, 11) is 0. The van der Waals surface area contributed by atoms with Crippen molar-refractivity contribution in [2.24, 2.45) is 5.73 Å². The molecule has 8 heteroatoms. The van der Waals surface area contributed by atoms with E-state index in [0.717, 1.165) is 36.5 Å². The smallest absolute Gasteiger partial charge is 0.273 e. The summed E-state index contributed by atoms with van der Waals surface area (Å²) >= 11 is 1.42. The maximum atomic E-state index is 13.5. The van der Waals surface area contributed by atoms with Gasteiger partial charge in [0.15, 0.2) is 0 Å². The lowest BCUT2D eigenvalue weighted by molar-refractivity contribution is 0.492. The molecule has 0 amide bonds. The van der Waals surface area contributed by atoms with Crippen LogP contribution < -0.4 is 21.5 Å². The topological polar surface area (TPSA) is 100.0 Å². The van der Waals surface area contributed by atoms with Gasteiger partial charge in [0.05, 0.1) is 28.7 Å². The van der Waals surface area contributed by atoms with Crippen LogP contribution in [0.15, 0.2) is 35.1 Å². The summed E-state index contributed by atoms with van der Waals surface area (Å²) in [5, 5.41) is 13.7. The number of fused-ring (bicyclic) bond motifs is 1. The number of thiophene rings is 1. The fourth-order valence-corrected chi connectivity index (χ4v) is 4.79. The van der Waals surface area contributed by atoms with E-state index in [2.05, 4.69) is 16.3 Å². The first-order valence-electron chi connectivity index (χ1n) is 9.87. The quantitative estimate of drug-likeness (QED) is 0.673. The van der Waals surface area contributed by atoms with Crippen LogP contribution in [0.2, 0.25) is 0 Å². The van der Waals surface area contributed by atoms with Gasteiger partial charge in [-0.1, -0.05) is 18.2 Å². The summed E-state index contributed by atoms with van der Waals surface area (Å²) in [6, 6.07) is 11.6. The van der Waals surface area contributed by atoms with Gasteiger partial charge in [0, 0.05) is 25.7 Å². The van der Waals surface area contributed by atoms with Gasteiger partial charge in [0.1, 0.15) is 4.70 Å². The van der Waals surface area contributed by atoms with Crippen molar-refractivity contribution in [1.82, 2.24) is 9.55 Å². The number of nitriles is 1. The summed E-state index contributed by atoms with van der Waals surface area (Å²) in [6.07, 6.45) is 1.94. The Balaban J connectivity index is 1.87. The molecule has 3 heterocycles. The van der Waals surface area contributed by atoms with E-state index in [9.17, 15) is 10.1 Å². The number of nitrogens with one attached hydrogen (secondary N) is 1. The van der Waals surface area contributed by atoms with Crippen molar-refractivity contribution in [3.8, 4) is 6.07 Å². The van der Waals surface area contributed by atoms with Crippen LogP contribution in [0.3, 0.4) is 0 Å². The summed E-state index contributed by atoms with van der Waals surface area (Å²) in [5.74, 6) is 0.631. The van der Waals surface area contributed by atoms with E-state index in [1.54, 1.807) is 10.6 Å². The third-order valence-corrected chi connectivity index (χ3v) is 6.24. The number of aromatic nitrogens is 2. The molecule has 1 aliphatic heterocycles. The highest BCUT2D eigenvalue weighted by atomic mass is 32.1. The van der Waals surface area contributed by atoms with Crippen LogP contribution in [-0.4, -0.2) is 35.2 Å². The first kappa shape index (κ1) is 19.4. The molecular formula is C21H24N6OS. The Morgan fingerprint density at radius 3 is 3.00 bits per heavy atom. The predicted octanol–water partition coefficient (Wildman–Crippen LogP) is 2.74. The van der Waals surface area contributed by atoms with E-state index in [4.69, 9.17) is 10.7 Å². The minimum absolute atomic E-state index is 0.0657. The summed E-state index contributed by atoms with van der Waals surface area (Å²) in [4.78, 5) is 20.4. The SMILES string of the molecule is CCNc1cc2nc(N3CCC[C@@H](N)C3)n(Cc3ccccc3C#N)c(=O)c2s1. The first-order valence-corrected chi connectivity index (χ1v) is 10.7. The number of nitrogens with two attached hydrogens (primary N) is 1. The van der Waals surface area contributed by atoms with E-state index in [1.165, 1.54) is 11.3 Å². The Morgan fingerprint density at radius 1 is 1.41 bits per heavy atom. The van der Waals surface area contributed by atoms with Crippen LogP contribution in [-0.2, 0) is 6.54 Å². The standard InChI is InChI=1S/C21H24N6OS/c1-2-24-18-10-17-19(29-18)20(28)27(12-15-7-4-3-6-14(15)11-22)21(25-17)26-9-5-8-16(23)13-26/h3-4,6-7,10,16,24H,2,5,8-9,12-13,23H2,1H3/t16-/m1/s1. The van der Waals surface area contributed by atoms with Gasteiger partial charge in [-0.05, 0) is 37.5 Å². The van der Waals surface area contributed by atoms with Gasteiger partial charge in [0.2, 0.25) is 5.95 Å². The highest BCUT2D eigenvalue weighted by Gasteiger charge is 2.24. The molecule has 0 radical (unpaired) electrons. The lowest BCUT2D eigenvalue weighted by atomic mass is 10.1. The molecule has 1 fully saturated rings. The molecule has 0 saturated carbocycles. The molecule has 3 aromatic rings. The number of anilines is 2. The molecule has 4 rings (SSSR count). The van der Waals surface area contributed by atoms with Crippen LogP contribution in [0, 0.1) is 11.3 Å². The van der Waals surface area contributed by atoms with Crippen LogP contribution in [0.25, 0.3) is 10.2 Å². The lowest BCUT2D eigenvalue weighted by Gasteiger charge is -2.33. The third kappa shape index (κ3) is 3.84. The number of benzene rings is 1. The number of nitrogens with zero attached hydrogens (tertiary/aromatic N) is 4. The Morgan fingerprint density at radius 2 is 2.24 bits per heavy atom. The maximum absolute atomic E-state index is 13.5. The summed E-state index contributed by atoms with van der Waals surface area (Å²) in [5.41, 5.74) is 8.20. The van der Waals surface area contributed by atoms with E-state index in [0.29, 0.717) is 34.8 Å². The van der Waals surface area contributed by atoms with Crippen molar-refractivity contribution < 1.29 is 0 Å². The van der Waals surface area contributed by atoms with Crippen molar-refractivity contribution in [2.75, 3.05) is 29.9 Å². The second-order valence-corrected chi connectivity index (χ2v) is 8.33. The molecule has 1 saturated heterocycles. The van der Waals surface area contributed by atoms with Crippen LogP contribution in [0.4, 0.5) is 10.9 Å². The maximum Gasteiger partial charge on any atom is 0.273 e. The van der Waals surface area contributed by atoms with Crippen LogP contribution in [0.1, 0.15) is 30.9 Å². The molecule has 1 atom stereocenters. The Kier molecular flexibility index (Phi) is 5.51. The van der Waals surface area contributed by atoms with Crippen LogP contribution in [0.5, 0.6) is 0 Å². The summed E-state index contributed by atoms with van der Waals surface area (Å²) < 4.78 is 2.32. The van der Waals surface area contributed by atoms with Gasteiger partial charge >= 0.3 is 0 Å². The molecule has 0 aliphatic carbocycles. The minimum Gasteiger partial charge on any atom is -0.377 e. The van der Waals surface area contributed by atoms with E-state index < -0.39 is 0 Å². The third-order valence-electron chi connectivity index (χ3n) is 5.17. The molecular weight excluding hydrogens is 384 g/mol. The Labute approximate surface area is 173 Å². The van der Waals surface area contributed by atoms with Crippen molar-refractivity contribution in [3.05, 3.63) is 51.8 Å². The molecule has 29 heavy (non-hydrogen) atoms. The fourth-order valence-electron chi connectivity index (χ4n) is 3.77.